The fourth-order valence-electron chi connectivity index (χ4n) is 4.09. The highest BCUT2D eigenvalue weighted by Gasteiger charge is 2.26. The van der Waals surface area contributed by atoms with Crippen molar-refractivity contribution >= 4 is 15.9 Å². The van der Waals surface area contributed by atoms with E-state index in [4.69, 9.17) is 4.74 Å². The molecule has 0 aliphatic carbocycles. The molecule has 1 amide bonds. The summed E-state index contributed by atoms with van der Waals surface area (Å²) in [5.41, 5.74) is 3.18. The first-order valence-corrected chi connectivity index (χ1v) is 12.2. The van der Waals surface area contributed by atoms with Crippen LogP contribution in [0.2, 0.25) is 0 Å². The quantitative estimate of drug-likeness (QED) is 0.661. The Balaban J connectivity index is 1.28. The summed E-state index contributed by atoms with van der Waals surface area (Å²) in [7, 11) is -3.62. The maximum absolute atomic E-state index is 12.8. The molecule has 2 aromatic carbocycles. The van der Waals surface area contributed by atoms with Crippen LogP contribution in [0.15, 0.2) is 53.4 Å². The van der Waals surface area contributed by atoms with Gasteiger partial charge in [-0.3, -0.25) is 9.69 Å². The van der Waals surface area contributed by atoms with Crippen molar-refractivity contribution in [2.45, 2.75) is 24.3 Å². The Morgan fingerprint density at radius 2 is 1.77 bits per heavy atom. The van der Waals surface area contributed by atoms with E-state index in [1.165, 1.54) is 27.6 Å². The van der Waals surface area contributed by atoms with E-state index in [2.05, 4.69) is 34.5 Å². The number of ether oxygens (including phenoxy) is 1. The number of rotatable bonds is 7. The second-order valence-corrected chi connectivity index (χ2v) is 9.89. The van der Waals surface area contributed by atoms with Crippen LogP contribution in [0.3, 0.4) is 0 Å². The first kappa shape index (κ1) is 22.0. The number of hydrogen-bond acceptors (Lipinski definition) is 5. The molecule has 0 bridgehead atoms. The molecule has 4 rings (SSSR count). The lowest BCUT2D eigenvalue weighted by molar-refractivity contribution is 0.0730. The molecule has 2 aliphatic heterocycles. The molecule has 166 valence electrons. The van der Waals surface area contributed by atoms with Gasteiger partial charge in [0.15, 0.2) is 0 Å². The number of nitrogens with zero attached hydrogens (tertiary/aromatic N) is 2. The van der Waals surface area contributed by atoms with Crippen LogP contribution in [0.25, 0.3) is 0 Å². The SMILES string of the molecule is O=C(NCCCN1CCc2ccccc2C1)c1cccc(S(=O)(=O)N2CCOCC2)c1. The Morgan fingerprint density at radius 3 is 2.58 bits per heavy atom. The fourth-order valence-corrected chi connectivity index (χ4v) is 5.54. The molecular formula is C23H29N3O4S. The van der Waals surface area contributed by atoms with Gasteiger partial charge in [0.25, 0.3) is 5.91 Å². The van der Waals surface area contributed by atoms with Crippen LogP contribution in [-0.4, -0.2) is 69.5 Å². The molecule has 0 radical (unpaired) electrons. The van der Waals surface area contributed by atoms with E-state index < -0.39 is 10.0 Å². The average molecular weight is 444 g/mol. The highest BCUT2D eigenvalue weighted by atomic mass is 32.2. The van der Waals surface area contributed by atoms with E-state index in [9.17, 15) is 13.2 Å². The molecule has 8 heteroatoms. The van der Waals surface area contributed by atoms with E-state index in [1.807, 2.05) is 0 Å². The zero-order valence-corrected chi connectivity index (χ0v) is 18.4. The fraction of sp³-hybridized carbons (Fsp3) is 0.435. The van der Waals surface area contributed by atoms with E-state index >= 15 is 0 Å². The highest BCUT2D eigenvalue weighted by molar-refractivity contribution is 7.89. The normalized spacial score (nSPS) is 17.8. The van der Waals surface area contributed by atoms with Gasteiger partial charge in [-0.1, -0.05) is 30.3 Å². The molecule has 1 N–H and O–H groups in total. The van der Waals surface area contributed by atoms with Gasteiger partial charge in [-0.15, -0.1) is 0 Å². The Morgan fingerprint density at radius 1 is 1.00 bits per heavy atom. The molecule has 0 spiro atoms. The third-order valence-corrected chi connectivity index (χ3v) is 7.75. The minimum atomic E-state index is -3.62. The van der Waals surface area contributed by atoms with Crippen molar-refractivity contribution in [1.82, 2.24) is 14.5 Å². The summed E-state index contributed by atoms with van der Waals surface area (Å²) in [6.45, 7) is 4.90. The number of sulfonamides is 1. The number of hydrogen-bond donors (Lipinski definition) is 1. The smallest absolute Gasteiger partial charge is 0.251 e. The molecule has 0 aromatic heterocycles. The maximum Gasteiger partial charge on any atom is 0.251 e. The van der Waals surface area contributed by atoms with Crippen molar-refractivity contribution in [2.24, 2.45) is 0 Å². The number of morpholine rings is 1. The van der Waals surface area contributed by atoms with Crippen LogP contribution in [-0.2, 0) is 27.7 Å². The number of fused-ring (bicyclic) bond motifs is 1. The third-order valence-electron chi connectivity index (χ3n) is 5.85. The van der Waals surface area contributed by atoms with Gasteiger partial charge >= 0.3 is 0 Å². The first-order valence-electron chi connectivity index (χ1n) is 10.8. The van der Waals surface area contributed by atoms with Crippen LogP contribution in [0.1, 0.15) is 27.9 Å². The Labute approximate surface area is 184 Å². The summed E-state index contributed by atoms with van der Waals surface area (Å²) < 4.78 is 32.3. The second-order valence-electron chi connectivity index (χ2n) is 7.95. The van der Waals surface area contributed by atoms with Gasteiger partial charge in [0, 0.05) is 44.8 Å². The monoisotopic (exact) mass is 443 g/mol. The predicted molar refractivity (Wildman–Crippen MR) is 118 cm³/mol. The second kappa shape index (κ2) is 9.91. The number of nitrogens with one attached hydrogen (secondary N) is 1. The van der Waals surface area contributed by atoms with Crippen molar-refractivity contribution in [3.8, 4) is 0 Å². The minimum Gasteiger partial charge on any atom is -0.379 e. The Hall–Kier alpha value is -2.26. The molecule has 2 heterocycles. The summed E-state index contributed by atoms with van der Waals surface area (Å²) in [5, 5.41) is 2.92. The number of carbonyl (C=O) groups is 1. The predicted octanol–water partition coefficient (Wildman–Crippen LogP) is 1.89. The molecular weight excluding hydrogens is 414 g/mol. The topological polar surface area (TPSA) is 79.0 Å². The summed E-state index contributed by atoms with van der Waals surface area (Å²) in [6.07, 6.45) is 1.91. The van der Waals surface area contributed by atoms with Crippen molar-refractivity contribution < 1.29 is 17.9 Å². The summed E-state index contributed by atoms with van der Waals surface area (Å²) in [6, 6.07) is 14.8. The maximum atomic E-state index is 12.8. The van der Waals surface area contributed by atoms with Gasteiger partial charge < -0.3 is 10.1 Å². The molecule has 0 unspecified atom stereocenters. The summed E-state index contributed by atoms with van der Waals surface area (Å²) >= 11 is 0. The summed E-state index contributed by atoms with van der Waals surface area (Å²) in [4.78, 5) is 15.1. The number of amides is 1. The van der Waals surface area contributed by atoms with Gasteiger partial charge in [-0.05, 0) is 42.2 Å². The lowest BCUT2D eigenvalue weighted by atomic mass is 10.00. The van der Waals surface area contributed by atoms with Gasteiger partial charge in [-0.25, -0.2) is 8.42 Å². The lowest BCUT2D eigenvalue weighted by Gasteiger charge is -2.28. The van der Waals surface area contributed by atoms with Crippen molar-refractivity contribution in [2.75, 3.05) is 45.9 Å². The van der Waals surface area contributed by atoms with Crippen molar-refractivity contribution in [3.05, 3.63) is 65.2 Å². The van der Waals surface area contributed by atoms with Crippen molar-refractivity contribution in [1.29, 1.82) is 0 Å². The molecule has 0 atom stereocenters. The average Bonchev–Trinajstić information content (AvgIpc) is 2.82. The summed E-state index contributed by atoms with van der Waals surface area (Å²) in [5.74, 6) is -0.247. The van der Waals surface area contributed by atoms with Crippen LogP contribution >= 0.6 is 0 Å². The van der Waals surface area contributed by atoms with Gasteiger partial charge in [0.05, 0.1) is 18.1 Å². The highest BCUT2D eigenvalue weighted by Crippen LogP contribution is 2.19. The molecule has 31 heavy (non-hydrogen) atoms. The van der Waals surface area contributed by atoms with Crippen LogP contribution in [0.5, 0.6) is 0 Å². The third kappa shape index (κ3) is 5.33. The molecule has 1 saturated heterocycles. The molecule has 0 saturated carbocycles. The molecule has 2 aromatic rings. The number of benzene rings is 2. The molecule has 1 fully saturated rings. The van der Waals surface area contributed by atoms with E-state index in [1.54, 1.807) is 12.1 Å². The lowest BCUT2D eigenvalue weighted by Crippen LogP contribution is -2.40. The van der Waals surface area contributed by atoms with Gasteiger partial charge in [-0.2, -0.15) is 4.31 Å². The zero-order chi connectivity index (χ0) is 21.7. The zero-order valence-electron chi connectivity index (χ0n) is 17.6. The first-order chi connectivity index (χ1) is 15.0. The van der Waals surface area contributed by atoms with Gasteiger partial charge in [0.2, 0.25) is 10.0 Å². The largest absolute Gasteiger partial charge is 0.379 e. The van der Waals surface area contributed by atoms with E-state index in [0.717, 1.165) is 32.5 Å². The van der Waals surface area contributed by atoms with E-state index in [0.29, 0.717) is 38.4 Å². The van der Waals surface area contributed by atoms with Gasteiger partial charge in [0.1, 0.15) is 0 Å². The van der Waals surface area contributed by atoms with Crippen LogP contribution in [0.4, 0.5) is 0 Å². The molecule has 7 nitrogen and oxygen atoms in total. The Bertz CT molecular complexity index is 1020. The molecule has 2 aliphatic rings. The van der Waals surface area contributed by atoms with Crippen LogP contribution < -0.4 is 5.32 Å². The van der Waals surface area contributed by atoms with Crippen LogP contribution in [0, 0.1) is 0 Å². The van der Waals surface area contributed by atoms with Crippen molar-refractivity contribution in [3.63, 3.8) is 0 Å². The Kier molecular flexibility index (Phi) is 7.02. The minimum absolute atomic E-state index is 0.147. The number of carbonyl (C=O) groups excluding carboxylic acids is 1. The van der Waals surface area contributed by atoms with E-state index in [-0.39, 0.29) is 10.8 Å². The standard InChI is InChI=1S/C23H29N3O4S/c27-23(24-10-4-11-25-12-9-19-5-1-2-6-21(19)18-25)20-7-3-8-22(17-20)31(28,29)26-13-15-30-16-14-26/h1-3,5-8,17H,4,9-16,18H2,(H,24,27).